The van der Waals surface area contributed by atoms with Crippen LogP contribution in [0, 0.1) is 11.6 Å². The van der Waals surface area contributed by atoms with Gasteiger partial charge in [-0.05, 0) is 42.5 Å². The monoisotopic (exact) mass is 374 g/mol. The number of carbonyl (C=O) groups excluding carboxylic acids is 1. The predicted molar refractivity (Wildman–Crippen MR) is 95.6 cm³/mol. The van der Waals surface area contributed by atoms with Crippen molar-refractivity contribution in [3.05, 3.63) is 98.9 Å². The average Bonchev–Trinajstić information content (AvgIpc) is 2.59. The molecule has 0 spiro atoms. The van der Waals surface area contributed by atoms with Gasteiger partial charge in [0.1, 0.15) is 17.2 Å². The van der Waals surface area contributed by atoms with Crippen LogP contribution in [0.4, 0.5) is 14.5 Å². The van der Waals surface area contributed by atoms with Gasteiger partial charge in [-0.15, -0.1) is 0 Å². The molecule has 1 heterocycles. The summed E-state index contributed by atoms with van der Waals surface area (Å²) in [6, 6.07) is 12.4. The molecular formula is C19H13ClF2N2O2. The highest BCUT2D eigenvalue weighted by atomic mass is 35.5. The number of aromatic nitrogens is 1. The Morgan fingerprint density at radius 1 is 1.08 bits per heavy atom. The Hall–Kier alpha value is -2.99. The van der Waals surface area contributed by atoms with Gasteiger partial charge in [0, 0.05) is 22.5 Å². The van der Waals surface area contributed by atoms with Crippen molar-refractivity contribution in [1.82, 2.24) is 4.57 Å². The maximum atomic E-state index is 13.9. The van der Waals surface area contributed by atoms with E-state index in [0.717, 1.165) is 6.07 Å². The first-order valence-corrected chi connectivity index (χ1v) is 8.03. The standard InChI is InChI=1S/C19H13ClF2N2O2/c20-16-7-2-8-17(22)15(16)11-24-9-3-6-14(19(24)26)18(25)23-13-5-1-4-12(21)10-13/h1-10H,11H2,(H,23,25). The number of hydrogen-bond donors (Lipinski definition) is 1. The van der Waals surface area contributed by atoms with E-state index in [1.807, 2.05) is 0 Å². The first-order chi connectivity index (χ1) is 12.5. The van der Waals surface area contributed by atoms with Crippen molar-refractivity contribution < 1.29 is 13.6 Å². The van der Waals surface area contributed by atoms with E-state index in [2.05, 4.69) is 5.32 Å². The molecule has 0 aliphatic heterocycles. The maximum absolute atomic E-state index is 13.9. The Balaban J connectivity index is 1.90. The lowest BCUT2D eigenvalue weighted by atomic mass is 10.2. The Morgan fingerprint density at radius 2 is 1.85 bits per heavy atom. The van der Waals surface area contributed by atoms with Gasteiger partial charge in [0.2, 0.25) is 0 Å². The van der Waals surface area contributed by atoms with E-state index < -0.39 is 23.1 Å². The van der Waals surface area contributed by atoms with Gasteiger partial charge in [0.15, 0.2) is 0 Å². The smallest absolute Gasteiger partial charge is 0.263 e. The zero-order chi connectivity index (χ0) is 18.7. The molecule has 0 fully saturated rings. The minimum Gasteiger partial charge on any atom is -0.322 e. The number of nitrogens with zero attached hydrogens (tertiary/aromatic N) is 1. The number of anilines is 1. The number of carbonyl (C=O) groups is 1. The highest BCUT2D eigenvalue weighted by Crippen LogP contribution is 2.19. The second-order valence-electron chi connectivity index (χ2n) is 5.52. The van der Waals surface area contributed by atoms with Crippen LogP contribution < -0.4 is 10.9 Å². The van der Waals surface area contributed by atoms with E-state index in [1.54, 1.807) is 0 Å². The van der Waals surface area contributed by atoms with Crippen molar-refractivity contribution in [2.45, 2.75) is 6.54 Å². The summed E-state index contributed by atoms with van der Waals surface area (Å²) in [6.07, 6.45) is 1.43. The topological polar surface area (TPSA) is 51.1 Å². The van der Waals surface area contributed by atoms with Crippen molar-refractivity contribution in [3.63, 3.8) is 0 Å². The highest BCUT2D eigenvalue weighted by molar-refractivity contribution is 6.31. The number of nitrogens with one attached hydrogen (secondary N) is 1. The van der Waals surface area contributed by atoms with E-state index in [0.29, 0.717) is 0 Å². The van der Waals surface area contributed by atoms with Crippen molar-refractivity contribution in [2.24, 2.45) is 0 Å². The fourth-order valence-electron chi connectivity index (χ4n) is 2.45. The SMILES string of the molecule is O=C(Nc1cccc(F)c1)c1cccn(Cc2c(F)cccc2Cl)c1=O. The molecule has 0 radical (unpaired) electrons. The van der Waals surface area contributed by atoms with Gasteiger partial charge >= 0.3 is 0 Å². The molecule has 0 unspecified atom stereocenters. The largest absolute Gasteiger partial charge is 0.322 e. The first kappa shape index (κ1) is 17.8. The zero-order valence-electron chi connectivity index (χ0n) is 13.4. The minimum atomic E-state index is -0.686. The predicted octanol–water partition coefficient (Wildman–Crippen LogP) is 4.08. The summed E-state index contributed by atoms with van der Waals surface area (Å²) in [5.41, 5.74) is -0.383. The average molecular weight is 375 g/mol. The maximum Gasteiger partial charge on any atom is 0.263 e. The third kappa shape index (κ3) is 3.81. The highest BCUT2D eigenvalue weighted by Gasteiger charge is 2.15. The molecule has 3 rings (SSSR count). The number of benzene rings is 2. The molecule has 7 heteroatoms. The molecule has 0 bridgehead atoms. The van der Waals surface area contributed by atoms with E-state index in [9.17, 15) is 18.4 Å². The van der Waals surface area contributed by atoms with Crippen LogP contribution in [0.15, 0.2) is 65.6 Å². The third-order valence-corrected chi connectivity index (χ3v) is 4.09. The lowest BCUT2D eigenvalue weighted by Crippen LogP contribution is -2.29. The minimum absolute atomic E-state index is 0.120. The molecule has 26 heavy (non-hydrogen) atoms. The Labute approximate surface area is 152 Å². The molecule has 0 aliphatic rings. The fourth-order valence-corrected chi connectivity index (χ4v) is 2.68. The van der Waals surface area contributed by atoms with Gasteiger partial charge in [-0.2, -0.15) is 0 Å². The summed E-state index contributed by atoms with van der Waals surface area (Å²) in [4.78, 5) is 24.9. The summed E-state index contributed by atoms with van der Waals surface area (Å²) in [6.45, 7) is -0.120. The van der Waals surface area contributed by atoms with E-state index >= 15 is 0 Å². The Morgan fingerprint density at radius 3 is 2.58 bits per heavy atom. The first-order valence-electron chi connectivity index (χ1n) is 7.65. The van der Waals surface area contributed by atoms with Crippen LogP contribution in [0.5, 0.6) is 0 Å². The van der Waals surface area contributed by atoms with Crippen LogP contribution >= 0.6 is 11.6 Å². The molecule has 3 aromatic rings. The molecular weight excluding hydrogens is 362 g/mol. The molecule has 1 aromatic heterocycles. The lowest BCUT2D eigenvalue weighted by molar-refractivity contribution is 0.102. The van der Waals surface area contributed by atoms with Crippen molar-refractivity contribution in [3.8, 4) is 0 Å². The van der Waals surface area contributed by atoms with Gasteiger partial charge in [-0.25, -0.2) is 8.78 Å². The van der Waals surface area contributed by atoms with Gasteiger partial charge < -0.3 is 9.88 Å². The number of hydrogen-bond acceptors (Lipinski definition) is 2. The Kier molecular flexibility index (Phi) is 5.14. The zero-order valence-corrected chi connectivity index (χ0v) is 14.1. The van der Waals surface area contributed by atoms with Crippen molar-refractivity contribution >= 4 is 23.2 Å². The number of rotatable bonds is 4. The third-order valence-electron chi connectivity index (χ3n) is 3.74. The second kappa shape index (κ2) is 7.49. The van der Waals surface area contributed by atoms with Crippen LogP contribution in [-0.4, -0.2) is 10.5 Å². The van der Waals surface area contributed by atoms with Crippen LogP contribution in [0.2, 0.25) is 5.02 Å². The summed E-state index contributed by atoms with van der Waals surface area (Å²) >= 11 is 5.99. The number of pyridine rings is 1. The normalized spacial score (nSPS) is 10.6. The molecule has 0 saturated heterocycles. The van der Waals surface area contributed by atoms with Gasteiger partial charge in [-0.3, -0.25) is 9.59 Å². The quantitative estimate of drug-likeness (QED) is 0.748. The van der Waals surface area contributed by atoms with Crippen LogP contribution in [-0.2, 0) is 6.54 Å². The molecule has 1 N–H and O–H groups in total. The summed E-state index contributed by atoms with van der Waals surface area (Å²) < 4.78 is 28.3. The molecule has 0 aliphatic carbocycles. The summed E-state index contributed by atoms with van der Waals surface area (Å²) in [5.74, 6) is -1.74. The molecule has 1 amide bonds. The summed E-state index contributed by atoms with van der Waals surface area (Å²) in [7, 11) is 0. The van der Waals surface area contributed by atoms with E-state index in [-0.39, 0.29) is 28.4 Å². The van der Waals surface area contributed by atoms with Gasteiger partial charge in [0.05, 0.1) is 6.54 Å². The van der Waals surface area contributed by atoms with E-state index in [4.69, 9.17) is 11.6 Å². The van der Waals surface area contributed by atoms with Crippen molar-refractivity contribution in [2.75, 3.05) is 5.32 Å². The molecule has 0 saturated carbocycles. The fraction of sp³-hybridized carbons (Fsp3) is 0.0526. The number of amides is 1. The van der Waals surface area contributed by atoms with Crippen LogP contribution in [0.1, 0.15) is 15.9 Å². The van der Waals surface area contributed by atoms with Crippen LogP contribution in [0.25, 0.3) is 0 Å². The van der Waals surface area contributed by atoms with Gasteiger partial charge in [0.25, 0.3) is 11.5 Å². The van der Waals surface area contributed by atoms with Crippen LogP contribution in [0.3, 0.4) is 0 Å². The summed E-state index contributed by atoms with van der Waals surface area (Å²) in [5, 5.41) is 2.65. The molecule has 132 valence electrons. The van der Waals surface area contributed by atoms with E-state index in [1.165, 1.54) is 59.3 Å². The molecule has 4 nitrogen and oxygen atoms in total. The number of halogens is 3. The Bertz CT molecular complexity index is 1010. The van der Waals surface area contributed by atoms with Crippen molar-refractivity contribution in [1.29, 1.82) is 0 Å². The van der Waals surface area contributed by atoms with Gasteiger partial charge in [-0.1, -0.05) is 23.7 Å². The lowest BCUT2D eigenvalue weighted by Gasteiger charge is -2.11. The molecule has 2 aromatic carbocycles. The molecule has 0 atom stereocenters. The second-order valence-corrected chi connectivity index (χ2v) is 5.93.